The van der Waals surface area contributed by atoms with Gasteiger partial charge in [0.2, 0.25) is 0 Å². The molecule has 2 amide bonds. The minimum Gasteiger partial charge on any atom is -0.481 e. The highest BCUT2D eigenvalue weighted by Crippen LogP contribution is 2.14. The Hall–Kier alpha value is -2.04. The van der Waals surface area contributed by atoms with Gasteiger partial charge in [0.1, 0.15) is 0 Å². The average Bonchev–Trinajstić information content (AvgIpc) is 2.46. The van der Waals surface area contributed by atoms with E-state index in [0.29, 0.717) is 5.69 Å². The Bertz CT molecular complexity index is 448. The molecule has 5 nitrogen and oxygen atoms in total. The minimum atomic E-state index is -0.914. The predicted molar refractivity (Wildman–Crippen MR) is 83.6 cm³/mol. The van der Waals surface area contributed by atoms with Gasteiger partial charge in [-0.15, -0.1) is 0 Å². The number of carboxylic acids is 1. The van der Waals surface area contributed by atoms with Gasteiger partial charge in [-0.05, 0) is 25.5 Å². The van der Waals surface area contributed by atoms with Gasteiger partial charge >= 0.3 is 12.0 Å². The van der Waals surface area contributed by atoms with Crippen molar-refractivity contribution in [3.8, 4) is 0 Å². The number of anilines is 1. The number of rotatable bonds is 8. The van der Waals surface area contributed by atoms with Crippen molar-refractivity contribution < 1.29 is 14.7 Å². The number of hydrogen-bond acceptors (Lipinski definition) is 2. The van der Waals surface area contributed by atoms with Crippen LogP contribution in [0.25, 0.3) is 0 Å². The van der Waals surface area contributed by atoms with Crippen molar-refractivity contribution in [3.63, 3.8) is 0 Å². The van der Waals surface area contributed by atoms with E-state index in [1.165, 1.54) is 4.90 Å². The molecule has 0 saturated heterocycles. The molecule has 0 aliphatic carbocycles. The molecule has 1 atom stereocenters. The molecule has 1 rings (SSSR count). The van der Waals surface area contributed by atoms with Gasteiger partial charge in [-0.2, -0.15) is 0 Å². The van der Waals surface area contributed by atoms with Gasteiger partial charge in [-0.25, -0.2) is 4.79 Å². The summed E-state index contributed by atoms with van der Waals surface area (Å²) in [5.74, 6) is -0.914. The number of para-hydroxylation sites is 1. The first-order valence-electron chi connectivity index (χ1n) is 7.39. The van der Waals surface area contributed by atoms with Gasteiger partial charge < -0.3 is 10.4 Å². The predicted octanol–water partition coefficient (Wildman–Crippen LogP) is 3.26. The lowest BCUT2D eigenvalue weighted by Gasteiger charge is -2.25. The van der Waals surface area contributed by atoms with Crippen LogP contribution in [-0.4, -0.2) is 29.7 Å². The highest BCUT2D eigenvalue weighted by molar-refractivity contribution is 5.92. The summed E-state index contributed by atoms with van der Waals surface area (Å²) in [4.78, 5) is 24.6. The molecule has 5 heteroatoms. The molecule has 0 aliphatic rings. The maximum absolute atomic E-state index is 12.4. The van der Waals surface area contributed by atoms with E-state index in [1.54, 1.807) is 12.1 Å². The maximum atomic E-state index is 12.4. The van der Waals surface area contributed by atoms with E-state index < -0.39 is 5.97 Å². The van der Waals surface area contributed by atoms with Crippen molar-refractivity contribution in [2.75, 3.05) is 11.4 Å². The largest absolute Gasteiger partial charge is 0.481 e. The van der Waals surface area contributed by atoms with Crippen LogP contribution in [0.15, 0.2) is 30.3 Å². The third-order valence-electron chi connectivity index (χ3n) is 3.22. The van der Waals surface area contributed by atoms with Crippen molar-refractivity contribution in [1.29, 1.82) is 0 Å². The number of urea groups is 1. The monoisotopic (exact) mass is 292 g/mol. The Balaban J connectivity index is 2.71. The van der Waals surface area contributed by atoms with Crippen molar-refractivity contribution in [3.05, 3.63) is 30.3 Å². The number of aliphatic carboxylic acids is 1. The fourth-order valence-corrected chi connectivity index (χ4v) is 2.03. The second-order valence-corrected chi connectivity index (χ2v) is 5.12. The zero-order valence-corrected chi connectivity index (χ0v) is 12.7. The Labute approximate surface area is 126 Å². The summed E-state index contributed by atoms with van der Waals surface area (Å²) in [5, 5.41) is 11.8. The van der Waals surface area contributed by atoms with Gasteiger partial charge in [0.15, 0.2) is 0 Å². The summed E-state index contributed by atoms with van der Waals surface area (Å²) >= 11 is 0. The molecule has 2 N–H and O–H groups in total. The highest BCUT2D eigenvalue weighted by atomic mass is 16.4. The molecule has 0 saturated carbocycles. The first-order chi connectivity index (χ1) is 10.0. The van der Waals surface area contributed by atoms with Crippen LogP contribution in [-0.2, 0) is 4.79 Å². The number of hydrogen-bond donors (Lipinski definition) is 2. The lowest BCUT2D eigenvalue weighted by molar-refractivity contribution is -0.136. The molecule has 1 aromatic rings. The smallest absolute Gasteiger partial charge is 0.322 e. The number of carbonyl (C=O) groups is 2. The molecule has 0 aromatic heterocycles. The Kier molecular flexibility index (Phi) is 7.29. The molecule has 1 unspecified atom stereocenters. The number of nitrogens with zero attached hydrogens (tertiary/aromatic N) is 1. The molecule has 0 bridgehead atoms. The summed E-state index contributed by atoms with van der Waals surface area (Å²) in [6, 6.07) is 8.96. The number of nitrogens with one attached hydrogen (secondary N) is 1. The number of carboxylic acid groups (broad SMARTS) is 1. The van der Waals surface area contributed by atoms with Crippen molar-refractivity contribution in [1.82, 2.24) is 5.32 Å². The zero-order chi connectivity index (χ0) is 15.7. The van der Waals surface area contributed by atoms with Crippen LogP contribution in [0.4, 0.5) is 10.5 Å². The van der Waals surface area contributed by atoms with E-state index in [9.17, 15) is 9.59 Å². The van der Waals surface area contributed by atoms with Gasteiger partial charge in [0.05, 0.1) is 6.42 Å². The average molecular weight is 292 g/mol. The third kappa shape index (κ3) is 6.29. The molecule has 0 fully saturated rings. The molecule has 116 valence electrons. The molecule has 0 spiro atoms. The number of benzene rings is 1. The highest BCUT2D eigenvalue weighted by Gasteiger charge is 2.18. The normalized spacial score (nSPS) is 11.7. The lowest BCUT2D eigenvalue weighted by Crippen LogP contribution is -2.44. The lowest BCUT2D eigenvalue weighted by atomic mass is 10.1. The molecular weight excluding hydrogens is 268 g/mol. The SMILES string of the molecule is CCCCC(C)NC(=O)N(CCC(=O)O)c1ccccc1. The first kappa shape index (κ1) is 17.0. The fraction of sp³-hybridized carbons (Fsp3) is 0.500. The number of carbonyl (C=O) groups excluding carboxylic acids is 1. The molecule has 21 heavy (non-hydrogen) atoms. The second kappa shape index (κ2) is 9.00. The van der Waals surface area contributed by atoms with Gasteiger partial charge in [-0.3, -0.25) is 9.69 Å². The quantitative estimate of drug-likeness (QED) is 0.772. The minimum absolute atomic E-state index is 0.0773. The molecule has 1 aromatic carbocycles. The first-order valence-corrected chi connectivity index (χ1v) is 7.39. The maximum Gasteiger partial charge on any atom is 0.322 e. The van der Waals surface area contributed by atoms with Crippen LogP contribution < -0.4 is 10.2 Å². The third-order valence-corrected chi connectivity index (χ3v) is 3.22. The number of unbranched alkanes of at least 4 members (excludes halogenated alkanes) is 1. The second-order valence-electron chi connectivity index (χ2n) is 5.12. The van der Waals surface area contributed by atoms with Crippen LogP contribution in [0, 0.1) is 0 Å². The van der Waals surface area contributed by atoms with Crippen LogP contribution in [0.3, 0.4) is 0 Å². The summed E-state index contributed by atoms with van der Waals surface area (Å²) in [5.41, 5.74) is 0.707. The van der Waals surface area contributed by atoms with E-state index in [-0.39, 0.29) is 25.0 Å². The fourth-order valence-electron chi connectivity index (χ4n) is 2.03. The Morgan fingerprint density at radius 2 is 1.95 bits per heavy atom. The molecular formula is C16H24N2O3. The van der Waals surface area contributed by atoms with Crippen molar-refractivity contribution in [2.45, 2.75) is 45.6 Å². The van der Waals surface area contributed by atoms with Gasteiger partial charge in [-0.1, -0.05) is 38.0 Å². The van der Waals surface area contributed by atoms with Crippen molar-refractivity contribution >= 4 is 17.7 Å². The molecule has 0 heterocycles. The van der Waals surface area contributed by atoms with Crippen LogP contribution in [0.5, 0.6) is 0 Å². The van der Waals surface area contributed by atoms with Crippen LogP contribution in [0.2, 0.25) is 0 Å². The van der Waals surface area contributed by atoms with E-state index in [0.717, 1.165) is 19.3 Å². The Morgan fingerprint density at radius 1 is 1.29 bits per heavy atom. The van der Waals surface area contributed by atoms with Gasteiger partial charge in [0, 0.05) is 18.3 Å². The van der Waals surface area contributed by atoms with E-state index >= 15 is 0 Å². The van der Waals surface area contributed by atoms with E-state index in [2.05, 4.69) is 12.2 Å². The molecule has 0 aliphatic heterocycles. The Morgan fingerprint density at radius 3 is 2.52 bits per heavy atom. The summed E-state index contributed by atoms with van der Waals surface area (Å²) < 4.78 is 0. The van der Waals surface area contributed by atoms with E-state index in [4.69, 9.17) is 5.11 Å². The van der Waals surface area contributed by atoms with Gasteiger partial charge in [0.25, 0.3) is 0 Å². The summed E-state index contributed by atoms with van der Waals surface area (Å²) in [7, 11) is 0. The molecule has 0 radical (unpaired) electrons. The summed E-state index contributed by atoms with van der Waals surface area (Å²) in [6.07, 6.45) is 2.99. The van der Waals surface area contributed by atoms with E-state index in [1.807, 2.05) is 25.1 Å². The van der Waals surface area contributed by atoms with Crippen LogP contribution >= 0.6 is 0 Å². The number of amides is 2. The zero-order valence-electron chi connectivity index (χ0n) is 12.7. The van der Waals surface area contributed by atoms with Crippen molar-refractivity contribution in [2.24, 2.45) is 0 Å². The topological polar surface area (TPSA) is 69.6 Å². The summed E-state index contributed by atoms with van der Waals surface area (Å²) in [6.45, 7) is 4.23. The van der Waals surface area contributed by atoms with Crippen LogP contribution in [0.1, 0.15) is 39.5 Å². The standard InChI is InChI=1S/C16H24N2O3/c1-3-4-8-13(2)17-16(21)18(12-11-15(19)20)14-9-6-5-7-10-14/h5-7,9-10,13H,3-4,8,11-12H2,1-2H3,(H,17,21)(H,19,20).